The van der Waals surface area contributed by atoms with Crippen LogP contribution in [0.15, 0.2) is 29.4 Å². The van der Waals surface area contributed by atoms with Gasteiger partial charge in [-0.2, -0.15) is 4.31 Å². The van der Waals surface area contributed by atoms with Crippen molar-refractivity contribution in [1.29, 1.82) is 0 Å². The molecule has 0 saturated carbocycles. The highest BCUT2D eigenvalue weighted by Gasteiger charge is 2.37. The molecule has 1 radical (unpaired) electrons. The number of nitrogens with one attached hydrogen (secondary N) is 1. The molecule has 0 unspecified atom stereocenters. The maximum Gasteiger partial charge on any atom is 0.261 e. The molecule has 2 rings (SSSR count). The summed E-state index contributed by atoms with van der Waals surface area (Å²) < 4.78 is 26.8. The van der Waals surface area contributed by atoms with Gasteiger partial charge >= 0.3 is 0 Å². The van der Waals surface area contributed by atoms with Crippen LogP contribution in [0.5, 0.6) is 0 Å². The van der Waals surface area contributed by atoms with Gasteiger partial charge in [0.05, 0.1) is 19.0 Å². The van der Waals surface area contributed by atoms with Crippen LogP contribution in [0.3, 0.4) is 0 Å². The number of sulfonamides is 1. The van der Waals surface area contributed by atoms with E-state index >= 15 is 0 Å². The van der Waals surface area contributed by atoms with Crippen molar-refractivity contribution in [3.05, 3.63) is 30.8 Å². The van der Waals surface area contributed by atoms with Crippen molar-refractivity contribution < 1.29 is 22.8 Å². The largest absolute Gasteiger partial charge is 0.369 e. The molecule has 1 aliphatic rings. The number of hydrogen-bond donors (Lipinski definition) is 2. The van der Waals surface area contributed by atoms with Crippen LogP contribution in [0, 0.1) is 12.3 Å². The van der Waals surface area contributed by atoms with Crippen LogP contribution in [0.25, 0.3) is 0 Å². The second-order valence-electron chi connectivity index (χ2n) is 6.92. The molecule has 1 aromatic heterocycles. The van der Waals surface area contributed by atoms with Gasteiger partial charge in [0.1, 0.15) is 0 Å². The van der Waals surface area contributed by atoms with Gasteiger partial charge in [-0.25, -0.2) is 13.4 Å². The summed E-state index contributed by atoms with van der Waals surface area (Å²) in [4.78, 5) is 39.6. The number of aromatic nitrogens is 1. The van der Waals surface area contributed by atoms with Gasteiger partial charge in [0.25, 0.3) is 10.0 Å². The lowest BCUT2D eigenvalue weighted by molar-refractivity contribution is -0.126. The quantitative estimate of drug-likeness (QED) is 0.651. The molecule has 0 aromatic carbocycles. The second-order valence-corrected chi connectivity index (χ2v) is 8.75. The Balaban J connectivity index is 2.05. The zero-order valence-corrected chi connectivity index (χ0v) is 16.7. The first-order chi connectivity index (χ1) is 13.1. The van der Waals surface area contributed by atoms with Crippen LogP contribution >= 0.6 is 0 Å². The Hall–Kier alpha value is -2.33. The Morgan fingerprint density at radius 2 is 2.11 bits per heavy atom. The van der Waals surface area contributed by atoms with E-state index in [0.717, 1.165) is 4.31 Å². The number of Topliss-reactive ketones (excluding diaryl/α,β-unsaturated/α-hetero) is 1. The van der Waals surface area contributed by atoms with E-state index in [4.69, 9.17) is 5.73 Å². The van der Waals surface area contributed by atoms with Crippen molar-refractivity contribution in [2.75, 3.05) is 6.54 Å². The van der Waals surface area contributed by atoms with Crippen molar-refractivity contribution in [2.24, 2.45) is 11.7 Å². The van der Waals surface area contributed by atoms with Crippen LogP contribution in [-0.4, -0.2) is 53.9 Å². The Morgan fingerprint density at radius 3 is 2.71 bits per heavy atom. The number of nitrogens with zero attached hydrogens (tertiary/aromatic N) is 2. The van der Waals surface area contributed by atoms with E-state index in [1.165, 1.54) is 18.7 Å². The van der Waals surface area contributed by atoms with E-state index in [2.05, 4.69) is 10.3 Å². The molecule has 0 bridgehead atoms. The van der Waals surface area contributed by atoms with Crippen molar-refractivity contribution in [3.63, 3.8) is 0 Å². The number of amides is 2. The molecule has 0 aliphatic carbocycles. The molecular weight excluding hydrogens is 384 g/mol. The van der Waals surface area contributed by atoms with Crippen molar-refractivity contribution in [1.82, 2.24) is 14.6 Å². The maximum atomic E-state index is 12.8. The molecule has 3 atom stereocenters. The molecule has 28 heavy (non-hydrogen) atoms. The van der Waals surface area contributed by atoms with E-state index in [9.17, 15) is 22.8 Å². The molecule has 2 amide bonds. The number of carbonyl (C=O) groups is 3. The lowest BCUT2D eigenvalue weighted by atomic mass is 10.0. The zero-order chi connectivity index (χ0) is 20.9. The van der Waals surface area contributed by atoms with Crippen LogP contribution in [-0.2, 0) is 24.4 Å². The molecule has 10 heteroatoms. The smallest absolute Gasteiger partial charge is 0.261 e. The molecule has 9 nitrogen and oxygen atoms in total. The van der Waals surface area contributed by atoms with Gasteiger partial charge in [0.15, 0.2) is 10.8 Å². The summed E-state index contributed by atoms with van der Waals surface area (Å²) in [6, 6.07) is 3.34. The number of carbonyl (C=O) groups excluding carboxylic acids is 3. The van der Waals surface area contributed by atoms with Crippen LogP contribution in [0.4, 0.5) is 0 Å². The van der Waals surface area contributed by atoms with Crippen molar-refractivity contribution in [2.45, 2.75) is 50.2 Å². The predicted octanol–water partition coefficient (Wildman–Crippen LogP) is 0.0243. The Bertz CT molecular complexity index is 828. The van der Waals surface area contributed by atoms with E-state index in [1.54, 1.807) is 26.0 Å². The first-order valence-electron chi connectivity index (χ1n) is 9.01. The van der Waals surface area contributed by atoms with Crippen LogP contribution in [0.2, 0.25) is 0 Å². The third-order valence-corrected chi connectivity index (χ3v) is 6.61. The summed E-state index contributed by atoms with van der Waals surface area (Å²) >= 11 is 0. The fourth-order valence-corrected chi connectivity index (χ4v) is 4.42. The van der Waals surface area contributed by atoms with Gasteiger partial charge in [0.2, 0.25) is 11.8 Å². The SMILES string of the molecule is C[C@@H]1CC[C@H](NC(=O)[CH]C[C@H](C)C(N)=O)C(=O)CN1S(=O)(=O)c1ccccn1. The molecule has 1 aromatic rings. The van der Waals surface area contributed by atoms with Gasteiger partial charge in [-0.3, -0.25) is 14.4 Å². The summed E-state index contributed by atoms with van der Waals surface area (Å²) in [7, 11) is -3.92. The number of nitrogens with two attached hydrogens (primary N) is 1. The maximum absolute atomic E-state index is 12.8. The molecule has 2 heterocycles. The molecular formula is C18H25N4O5S. The van der Waals surface area contributed by atoms with Gasteiger partial charge in [0, 0.05) is 18.2 Å². The van der Waals surface area contributed by atoms with Crippen molar-refractivity contribution >= 4 is 27.6 Å². The predicted molar refractivity (Wildman–Crippen MR) is 101 cm³/mol. The summed E-state index contributed by atoms with van der Waals surface area (Å²) in [6.07, 6.45) is 3.54. The fraction of sp³-hybridized carbons (Fsp3) is 0.500. The average molecular weight is 409 g/mol. The van der Waals surface area contributed by atoms with Crippen LogP contribution in [0.1, 0.15) is 33.1 Å². The molecule has 153 valence electrons. The summed E-state index contributed by atoms with van der Waals surface area (Å²) in [5.74, 6) is -1.89. The van der Waals surface area contributed by atoms with E-state index < -0.39 is 45.6 Å². The molecule has 3 N–H and O–H groups in total. The number of primary amides is 1. The minimum atomic E-state index is -3.92. The minimum absolute atomic E-state index is 0.120. The standard InChI is InChI=1S/C18H25N4O5S/c1-12(18(19)25)6-9-16(24)21-14-8-7-13(2)22(11-15(14)23)28(26,27)17-5-3-4-10-20-17/h3-5,9-10,12-14H,6-8,11H2,1-2H3,(H2,19,25)(H,21,24)/t12-,13+,14-/m0/s1. The Kier molecular flexibility index (Phi) is 7.25. The summed E-state index contributed by atoms with van der Waals surface area (Å²) in [5, 5.41) is 2.48. The molecule has 0 spiro atoms. The van der Waals surface area contributed by atoms with Gasteiger partial charge in [-0.05, 0) is 38.3 Å². The average Bonchev–Trinajstić information content (AvgIpc) is 2.80. The first-order valence-corrected chi connectivity index (χ1v) is 10.5. The minimum Gasteiger partial charge on any atom is -0.369 e. The topological polar surface area (TPSA) is 140 Å². The van der Waals surface area contributed by atoms with Crippen LogP contribution < -0.4 is 11.1 Å². The first kappa shape index (κ1) is 22.0. The van der Waals surface area contributed by atoms with E-state index in [-0.39, 0.29) is 18.0 Å². The summed E-state index contributed by atoms with van der Waals surface area (Å²) in [5.41, 5.74) is 5.16. The zero-order valence-electron chi connectivity index (χ0n) is 15.9. The number of hydrogen-bond acceptors (Lipinski definition) is 6. The molecule has 1 saturated heterocycles. The fourth-order valence-electron chi connectivity index (χ4n) is 2.86. The normalized spacial score (nSPS) is 22.3. The monoisotopic (exact) mass is 409 g/mol. The Labute approximate surface area is 164 Å². The lowest BCUT2D eigenvalue weighted by Gasteiger charge is -2.24. The number of pyridine rings is 1. The number of rotatable bonds is 7. The van der Waals surface area contributed by atoms with Gasteiger partial charge in [-0.1, -0.05) is 13.0 Å². The van der Waals surface area contributed by atoms with E-state index in [0.29, 0.717) is 12.8 Å². The highest BCUT2D eigenvalue weighted by molar-refractivity contribution is 7.89. The third kappa shape index (κ3) is 5.35. The molecule has 1 fully saturated rings. The highest BCUT2D eigenvalue weighted by Crippen LogP contribution is 2.22. The molecule has 1 aliphatic heterocycles. The van der Waals surface area contributed by atoms with E-state index in [1.807, 2.05) is 0 Å². The second kappa shape index (κ2) is 9.24. The highest BCUT2D eigenvalue weighted by atomic mass is 32.2. The van der Waals surface area contributed by atoms with Gasteiger partial charge < -0.3 is 11.1 Å². The summed E-state index contributed by atoms with van der Waals surface area (Å²) in [6.45, 7) is 2.98. The lowest BCUT2D eigenvalue weighted by Crippen LogP contribution is -2.45. The van der Waals surface area contributed by atoms with Gasteiger partial charge in [-0.15, -0.1) is 0 Å². The number of ketones is 1. The third-order valence-electron chi connectivity index (χ3n) is 4.73. The van der Waals surface area contributed by atoms with Crippen molar-refractivity contribution in [3.8, 4) is 0 Å². The Morgan fingerprint density at radius 1 is 1.39 bits per heavy atom.